The zero-order valence-electron chi connectivity index (χ0n) is 14.3. The number of pyridine rings is 2. The molecule has 0 saturated heterocycles. The second-order valence-corrected chi connectivity index (χ2v) is 5.73. The van der Waals surface area contributed by atoms with E-state index in [1.165, 1.54) is 6.92 Å². The van der Waals surface area contributed by atoms with E-state index in [-0.39, 0.29) is 11.7 Å². The highest BCUT2D eigenvalue weighted by molar-refractivity contribution is 5.94. The minimum Gasteiger partial charge on any atom is -0.355 e. The number of carbonyl (C=O) groups is 2. The summed E-state index contributed by atoms with van der Waals surface area (Å²) in [5.41, 5.74) is 3.51. The maximum atomic E-state index is 12.3. The Morgan fingerprint density at radius 2 is 1.65 bits per heavy atom. The zero-order chi connectivity index (χ0) is 18.4. The summed E-state index contributed by atoms with van der Waals surface area (Å²) in [6, 6.07) is 14.3. The van der Waals surface area contributed by atoms with E-state index >= 15 is 0 Å². The van der Waals surface area contributed by atoms with Gasteiger partial charge in [-0.25, -0.2) is 0 Å². The number of rotatable bonds is 6. The quantitative estimate of drug-likeness (QED) is 0.669. The summed E-state index contributed by atoms with van der Waals surface area (Å²) in [5.74, 6) is -0.231. The van der Waals surface area contributed by atoms with Crippen LogP contribution in [0.2, 0.25) is 0 Å². The Kier molecular flexibility index (Phi) is 5.34. The van der Waals surface area contributed by atoms with Gasteiger partial charge in [-0.1, -0.05) is 0 Å². The third-order valence-electron chi connectivity index (χ3n) is 3.78. The molecule has 0 fully saturated rings. The minimum absolute atomic E-state index is 0.0219. The molecule has 6 heteroatoms. The fourth-order valence-corrected chi connectivity index (χ4v) is 2.36. The topological polar surface area (TPSA) is 84.0 Å². The lowest BCUT2D eigenvalue weighted by molar-refractivity contribution is 0.0945. The molecule has 26 heavy (non-hydrogen) atoms. The molecule has 2 heterocycles. The largest absolute Gasteiger partial charge is 0.355 e. The summed E-state index contributed by atoms with van der Waals surface area (Å²) in [4.78, 5) is 31.7. The van der Waals surface area contributed by atoms with E-state index in [9.17, 15) is 9.59 Å². The van der Waals surface area contributed by atoms with E-state index in [1.54, 1.807) is 42.9 Å². The summed E-state index contributed by atoms with van der Waals surface area (Å²) >= 11 is 0. The lowest BCUT2D eigenvalue weighted by Gasteiger charge is -2.09. The van der Waals surface area contributed by atoms with Crippen LogP contribution in [0.1, 0.15) is 33.3 Å². The Bertz CT molecular complexity index is 909. The molecule has 3 aromatic rings. The molecule has 0 radical (unpaired) electrons. The zero-order valence-corrected chi connectivity index (χ0v) is 14.3. The van der Waals surface area contributed by atoms with Gasteiger partial charge in [-0.3, -0.25) is 19.6 Å². The van der Waals surface area contributed by atoms with Crippen molar-refractivity contribution in [3.8, 4) is 0 Å². The Balaban J connectivity index is 1.65. The minimum atomic E-state index is -0.252. The van der Waals surface area contributed by atoms with E-state index in [1.807, 2.05) is 24.3 Å². The number of ketones is 1. The average Bonchev–Trinajstić information content (AvgIpc) is 2.67. The van der Waals surface area contributed by atoms with Crippen LogP contribution in [0, 0.1) is 0 Å². The van der Waals surface area contributed by atoms with E-state index in [0.29, 0.717) is 17.8 Å². The van der Waals surface area contributed by atoms with Gasteiger partial charge in [0.1, 0.15) is 5.69 Å². The molecular formula is C20H18N4O2. The second kappa shape index (κ2) is 8.02. The number of nitrogens with one attached hydrogen (secondary N) is 2. The smallest absolute Gasteiger partial charge is 0.270 e. The van der Waals surface area contributed by atoms with Crippen LogP contribution in [0.25, 0.3) is 0 Å². The number of amides is 1. The summed E-state index contributed by atoms with van der Waals surface area (Å²) in [7, 11) is 0. The number of carbonyl (C=O) groups excluding carboxylic acids is 2. The lowest BCUT2D eigenvalue weighted by Crippen LogP contribution is -2.23. The molecule has 0 spiro atoms. The predicted octanol–water partition coefficient (Wildman–Crippen LogP) is 3.35. The third-order valence-corrected chi connectivity index (χ3v) is 3.78. The van der Waals surface area contributed by atoms with Crippen molar-refractivity contribution in [1.82, 2.24) is 15.3 Å². The fraction of sp³-hybridized carbons (Fsp3) is 0.100. The molecule has 0 bridgehead atoms. The van der Waals surface area contributed by atoms with Crippen molar-refractivity contribution in [1.29, 1.82) is 0 Å². The average molecular weight is 346 g/mol. The van der Waals surface area contributed by atoms with Crippen molar-refractivity contribution in [2.75, 3.05) is 5.32 Å². The molecule has 2 N–H and O–H groups in total. The first-order chi connectivity index (χ1) is 12.6. The monoisotopic (exact) mass is 346 g/mol. The molecule has 0 saturated carbocycles. The van der Waals surface area contributed by atoms with Crippen LogP contribution in [-0.2, 0) is 6.54 Å². The van der Waals surface area contributed by atoms with E-state index in [0.717, 1.165) is 16.9 Å². The van der Waals surface area contributed by atoms with Gasteiger partial charge in [0.25, 0.3) is 5.91 Å². The first kappa shape index (κ1) is 17.3. The van der Waals surface area contributed by atoms with Crippen molar-refractivity contribution in [3.05, 3.63) is 83.9 Å². The van der Waals surface area contributed by atoms with Crippen LogP contribution >= 0.6 is 0 Å². The maximum Gasteiger partial charge on any atom is 0.270 e. The molecule has 3 rings (SSSR count). The third kappa shape index (κ3) is 4.51. The molecule has 0 aliphatic carbocycles. The Hall–Kier alpha value is -3.54. The highest BCUT2D eigenvalue weighted by atomic mass is 16.1. The number of Topliss-reactive ketones (excluding diaryl/α,β-unsaturated/α-hetero) is 1. The van der Waals surface area contributed by atoms with Crippen LogP contribution in [0.3, 0.4) is 0 Å². The summed E-state index contributed by atoms with van der Waals surface area (Å²) in [6.45, 7) is 1.94. The first-order valence-corrected chi connectivity index (χ1v) is 8.13. The van der Waals surface area contributed by atoms with Gasteiger partial charge < -0.3 is 10.6 Å². The van der Waals surface area contributed by atoms with Gasteiger partial charge in [0.15, 0.2) is 5.78 Å². The SMILES string of the molecule is CC(=O)c1ccc(Nc2ccnc(C(=O)NCc3ccncc3)c2)cc1. The van der Waals surface area contributed by atoms with E-state index in [2.05, 4.69) is 20.6 Å². The number of anilines is 2. The Morgan fingerprint density at radius 1 is 0.923 bits per heavy atom. The van der Waals surface area contributed by atoms with E-state index < -0.39 is 0 Å². The fourth-order valence-electron chi connectivity index (χ4n) is 2.36. The number of hydrogen-bond acceptors (Lipinski definition) is 5. The Labute approximate surface area is 151 Å². The highest BCUT2D eigenvalue weighted by Crippen LogP contribution is 2.17. The van der Waals surface area contributed by atoms with Gasteiger partial charge in [-0.2, -0.15) is 0 Å². The maximum absolute atomic E-state index is 12.3. The van der Waals surface area contributed by atoms with Gasteiger partial charge in [0.05, 0.1) is 0 Å². The van der Waals surface area contributed by atoms with Gasteiger partial charge in [0, 0.05) is 42.1 Å². The van der Waals surface area contributed by atoms with Crippen molar-refractivity contribution in [2.45, 2.75) is 13.5 Å². The molecule has 2 aromatic heterocycles. The molecule has 1 aromatic carbocycles. The predicted molar refractivity (Wildman–Crippen MR) is 99.4 cm³/mol. The van der Waals surface area contributed by atoms with Gasteiger partial charge in [0.2, 0.25) is 0 Å². The van der Waals surface area contributed by atoms with Crippen LogP contribution in [0.4, 0.5) is 11.4 Å². The van der Waals surface area contributed by atoms with Gasteiger partial charge >= 0.3 is 0 Å². The number of nitrogens with zero attached hydrogens (tertiary/aromatic N) is 2. The lowest BCUT2D eigenvalue weighted by atomic mass is 10.1. The highest BCUT2D eigenvalue weighted by Gasteiger charge is 2.08. The van der Waals surface area contributed by atoms with Crippen molar-refractivity contribution in [3.63, 3.8) is 0 Å². The molecule has 0 aliphatic rings. The number of aromatic nitrogens is 2. The van der Waals surface area contributed by atoms with Crippen LogP contribution in [-0.4, -0.2) is 21.7 Å². The van der Waals surface area contributed by atoms with E-state index in [4.69, 9.17) is 0 Å². The summed E-state index contributed by atoms with van der Waals surface area (Å²) in [6.07, 6.45) is 4.94. The van der Waals surface area contributed by atoms with Crippen LogP contribution in [0.15, 0.2) is 67.1 Å². The molecule has 130 valence electrons. The molecule has 0 unspecified atom stereocenters. The molecule has 0 aliphatic heterocycles. The van der Waals surface area contributed by atoms with Gasteiger partial charge in [-0.15, -0.1) is 0 Å². The van der Waals surface area contributed by atoms with Crippen molar-refractivity contribution >= 4 is 23.1 Å². The van der Waals surface area contributed by atoms with Crippen molar-refractivity contribution in [2.24, 2.45) is 0 Å². The molecule has 0 atom stereocenters. The second-order valence-electron chi connectivity index (χ2n) is 5.73. The number of benzene rings is 1. The van der Waals surface area contributed by atoms with Crippen molar-refractivity contribution < 1.29 is 9.59 Å². The summed E-state index contributed by atoms with van der Waals surface area (Å²) < 4.78 is 0. The Morgan fingerprint density at radius 3 is 2.35 bits per heavy atom. The van der Waals surface area contributed by atoms with Gasteiger partial charge in [-0.05, 0) is 61.0 Å². The molecular weight excluding hydrogens is 328 g/mol. The van der Waals surface area contributed by atoms with Crippen LogP contribution < -0.4 is 10.6 Å². The van der Waals surface area contributed by atoms with Crippen LogP contribution in [0.5, 0.6) is 0 Å². The summed E-state index contributed by atoms with van der Waals surface area (Å²) in [5, 5.41) is 6.03. The normalized spacial score (nSPS) is 10.2. The molecule has 6 nitrogen and oxygen atoms in total. The standard InChI is InChI=1S/C20H18N4O2/c1-14(25)16-2-4-17(5-3-16)24-18-8-11-22-19(12-18)20(26)23-13-15-6-9-21-10-7-15/h2-12H,13H2,1H3,(H,22,24)(H,23,26). The number of hydrogen-bond donors (Lipinski definition) is 2. The first-order valence-electron chi connectivity index (χ1n) is 8.13. The molecule has 1 amide bonds.